The van der Waals surface area contributed by atoms with E-state index in [2.05, 4.69) is 0 Å². The maximum atomic E-state index is 11.7. The predicted octanol–water partition coefficient (Wildman–Crippen LogP) is 8.08. The Bertz CT molecular complexity index is 760. The first-order valence-corrected chi connectivity index (χ1v) is 8.30. The first-order chi connectivity index (χ1) is 10.6. The minimum atomic E-state index is -1.40. The molecule has 0 aliphatic rings. The predicted molar refractivity (Wildman–Crippen MR) is 98.1 cm³/mol. The lowest BCUT2D eigenvalue weighted by atomic mass is 10.2. The van der Waals surface area contributed by atoms with Gasteiger partial charge in [0, 0.05) is 10.0 Å². The lowest BCUT2D eigenvalue weighted by Crippen LogP contribution is -2.24. The van der Waals surface area contributed by atoms with Crippen LogP contribution in [0.15, 0.2) is 18.2 Å². The van der Waals surface area contributed by atoms with Gasteiger partial charge in [0.2, 0.25) is 0 Å². The highest BCUT2D eigenvalue weighted by molar-refractivity contribution is 6.57. The van der Waals surface area contributed by atoms with Crippen molar-refractivity contribution in [1.82, 2.24) is 0 Å². The maximum absolute atomic E-state index is 11.7. The normalized spacial score (nSPS) is 10.7. The second-order valence-electron chi connectivity index (χ2n) is 4.16. The van der Waals surface area contributed by atoms with Gasteiger partial charge in [-0.2, -0.15) is 0 Å². The molecule has 0 atom stereocenters. The standard InChI is InChI=1S/C13H4Cl7NO2/c14-4-1-5(15)3-6(2-4)21(13(22)23)12-10(19)8(17)7(16)9(18)11(12)20/h1-3H,(H,22,23). The van der Waals surface area contributed by atoms with Crippen LogP contribution in [0.3, 0.4) is 0 Å². The molecular formula is C13H4Cl7NO2. The van der Waals surface area contributed by atoms with Crippen molar-refractivity contribution >= 4 is 98.7 Å². The summed E-state index contributed by atoms with van der Waals surface area (Å²) in [5.74, 6) is 0. The van der Waals surface area contributed by atoms with Crippen LogP contribution in [0.25, 0.3) is 0 Å². The number of carbonyl (C=O) groups is 1. The molecule has 0 heterocycles. The number of hydrogen-bond donors (Lipinski definition) is 1. The van der Waals surface area contributed by atoms with Crippen LogP contribution in [0.5, 0.6) is 0 Å². The maximum Gasteiger partial charge on any atom is 0.416 e. The van der Waals surface area contributed by atoms with Crippen LogP contribution in [0.4, 0.5) is 16.2 Å². The van der Waals surface area contributed by atoms with Crippen molar-refractivity contribution in [2.75, 3.05) is 4.90 Å². The number of anilines is 2. The van der Waals surface area contributed by atoms with E-state index in [-0.39, 0.29) is 46.5 Å². The Kier molecular flexibility index (Phi) is 6.07. The number of benzene rings is 2. The van der Waals surface area contributed by atoms with Crippen molar-refractivity contribution in [3.05, 3.63) is 53.4 Å². The van der Waals surface area contributed by atoms with E-state index in [1.807, 2.05) is 0 Å². The Morgan fingerprint density at radius 1 is 0.739 bits per heavy atom. The minimum Gasteiger partial charge on any atom is -0.464 e. The van der Waals surface area contributed by atoms with Crippen molar-refractivity contribution < 1.29 is 9.90 Å². The molecule has 0 spiro atoms. The SMILES string of the molecule is O=C(O)N(c1cc(Cl)cc(Cl)c1)c1c(Cl)c(Cl)c(Cl)c(Cl)c1Cl. The van der Waals surface area contributed by atoms with Crippen LogP contribution < -0.4 is 4.90 Å². The molecule has 122 valence electrons. The van der Waals surface area contributed by atoms with Gasteiger partial charge in [0.1, 0.15) is 0 Å². The molecule has 0 aliphatic heterocycles. The van der Waals surface area contributed by atoms with Crippen molar-refractivity contribution in [2.24, 2.45) is 0 Å². The molecule has 23 heavy (non-hydrogen) atoms. The van der Waals surface area contributed by atoms with E-state index in [1.165, 1.54) is 18.2 Å². The third-order valence-electron chi connectivity index (χ3n) is 2.71. The average molecular weight is 454 g/mol. The highest BCUT2D eigenvalue weighted by atomic mass is 35.5. The average Bonchev–Trinajstić information content (AvgIpc) is 2.46. The fourth-order valence-electron chi connectivity index (χ4n) is 1.79. The molecule has 0 aliphatic carbocycles. The third-order valence-corrected chi connectivity index (χ3v) is 5.40. The zero-order valence-corrected chi connectivity index (χ0v) is 16.0. The van der Waals surface area contributed by atoms with Crippen LogP contribution in [-0.2, 0) is 0 Å². The summed E-state index contributed by atoms with van der Waals surface area (Å²) in [4.78, 5) is 12.5. The molecule has 0 unspecified atom stereocenters. The summed E-state index contributed by atoms with van der Waals surface area (Å²) in [6, 6.07) is 4.17. The van der Waals surface area contributed by atoms with Gasteiger partial charge in [0.25, 0.3) is 0 Å². The summed E-state index contributed by atoms with van der Waals surface area (Å²) in [5.41, 5.74) is -0.0492. The number of nitrogens with zero attached hydrogens (tertiary/aromatic N) is 1. The number of amides is 1. The van der Waals surface area contributed by atoms with E-state index >= 15 is 0 Å². The number of rotatable bonds is 2. The Balaban J connectivity index is 2.81. The Hall–Kier alpha value is -0.260. The third kappa shape index (κ3) is 3.72. The fraction of sp³-hybridized carbons (Fsp3) is 0. The van der Waals surface area contributed by atoms with Crippen molar-refractivity contribution in [2.45, 2.75) is 0 Å². The first-order valence-electron chi connectivity index (χ1n) is 5.65. The number of carboxylic acid groups (broad SMARTS) is 1. The molecule has 0 saturated heterocycles. The van der Waals surface area contributed by atoms with Crippen LogP contribution in [0.1, 0.15) is 0 Å². The summed E-state index contributed by atoms with van der Waals surface area (Å²) >= 11 is 41.9. The van der Waals surface area contributed by atoms with Gasteiger partial charge in [-0.1, -0.05) is 81.2 Å². The molecule has 10 heteroatoms. The number of hydrogen-bond acceptors (Lipinski definition) is 1. The van der Waals surface area contributed by atoms with E-state index in [4.69, 9.17) is 81.2 Å². The molecule has 0 fully saturated rings. The smallest absolute Gasteiger partial charge is 0.416 e. The molecule has 0 radical (unpaired) electrons. The van der Waals surface area contributed by atoms with E-state index in [0.29, 0.717) is 0 Å². The molecule has 2 aromatic carbocycles. The van der Waals surface area contributed by atoms with Crippen LogP contribution >= 0.6 is 81.2 Å². The molecule has 1 N–H and O–H groups in total. The van der Waals surface area contributed by atoms with Crippen molar-refractivity contribution in [3.8, 4) is 0 Å². The summed E-state index contributed by atoms with van der Waals surface area (Å²) in [6.45, 7) is 0. The van der Waals surface area contributed by atoms with Crippen molar-refractivity contribution in [3.63, 3.8) is 0 Å². The molecular weight excluding hydrogens is 450 g/mol. The van der Waals surface area contributed by atoms with Gasteiger partial charge in [0.15, 0.2) is 0 Å². The summed E-state index contributed by atoms with van der Waals surface area (Å²) in [6.07, 6.45) is -1.40. The van der Waals surface area contributed by atoms with Crippen LogP contribution in [0.2, 0.25) is 35.2 Å². The quantitative estimate of drug-likeness (QED) is 0.368. The molecule has 3 nitrogen and oxygen atoms in total. The van der Waals surface area contributed by atoms with E-state index in [1.54, 1.807) is 0 Å². The second-order valence-corrected chi connectivity index (χ2v) is 6.93. The summed E-state index contributed by atoms with van der Waals surface area (Å²) < 4.78 is 0. The van der Waals surface area contributed by atoms with Crippen molar-refractivity contribution in [1.29, 1.82) is 0 Å². The molecule has 0 saturated carbocycles. The molecule has 2 aromatic rings. The lowest BCUT2D eigenvalue weighted by Gasteiger charge is -2.24. The van der Waals surface area contributed by atoms with Gasteiger partial charge in [-0.3, -0.25) is 0 Å². The van der Waals surface area contributed by atoms with Gasteiger partial charge in [-0.25, -0.2) is 9.69 Å². The first kappa shape index (κ1) is 19.1. The van der Waals surface area contributed by atoms with Crippen LogP contribution in [0, 0.1) is 0 Å². The van der Waals surface area contributed by atoms with E-state index < -0.39 is 6.09 Å². The zero-order chi connectivity index (χ0) is 17.5. The second kappa shape index (κ2) is 7.32. The lowest BCUT2D eigenvalue weighted by molar-refractivity contribution is 0.205. The number of halogens is 7. The molecule has 1 amide bonds. The fourth-order valence-corrected chi connectivity index (χ4v) is 3.61. The van der Waals surface area contributed by atoms with Crippen LogP contribution in [-0.4, -0.2) is 11.2 Å². The van der Waals surface area contributed by atoms with E-state index in [9.17, 15) is 9.90 Å². The highest BCUT2D eigenvalue weighted by Gasteiger charge is 2.28. The Labute approximate surface area is 166 Å². The zero-order valence-electron chi connectivity index (χ0n) is 10.7. The van der Waals surface area contributed by atoms with Gasteiger partial charge in [-0.05, 0) is 18.2 Å². The topological polar surface area (TPSA) is 40.5 Å². The Morgan fingerprint density at radius 2 is 1.13 bits per heavy atom. The van der Waals surface area contributed by atoms with Gasteiger partial charge in [-0.15, -0.1) is 0 Å². The summed E-state index contributed by atoms with van der Waals surface area (Å²) in [7, 11) is 0. The van der Waals surface area contributed by atoms with Gasteiger partial charge >= 0.3 is 6.09 Å². The largest absolute Gasteiger partial charge is 0.464 e. The van der Waals surface area contributed by atoms with Gasteiger partial charge < -0.3 is 5.11 Å². The molecule has 0 bridgehead atoms. The summed E-state index contributed by atoms with van der Waals surface area (Å²) in [5, 5.41) is 9.31. The minimum absolute atomic E-state index is 0.0819. The molecule has 0 aromatic heterocycles. The highest BCUT2D eigenvalue weighted by Crippen LogP contribution is 2.50. The molecule has 2 rings (SSSR count). The monoisotopic (exact) mass is 451 g/mol. The Morgan fingerprint density at radius 3 is 1.52 bits per heavy atom. The van der Waals surface area contributed by atoms with Gasteiger partial charge in [0.05, 0.1) is 36.5 Å². The van der Waals surface area contributed by atoms with E-state index in [0.717, 1.165) is 4.90 Å².